The van der Waals surface area contributed by atoms with Crippen molar-refractivity contribution in [1.82, 2.24) is 4.98 Å². The number of ether oxygens (including phenoxy) is 1. The number of carbonyl (C=O) groups excluding carboxylic acids is 1. The third kappa shape index (κ3) is 3.48. The zero-order chi connectivity index (χ0) is 15.5. The Balaban J connectivity index is 2.22. The number of hydrogen-bond donors (Lipinski definition) is 1. The highest BCUT2D eigenvalue weighted by molar-refractivity contribution is 5.88. The molecule has 1 fully saturated rings. The maximum absolute atomic E-state index is 11.5. The van der Waals surface area contributed by atoms with Gasteiger partial charge in [0.2, 0.25) is 5.82 Å². The summed E-state index contributed by atoms with van der Waals surface area (Å²) < 4.78 is 4.59. The van der Waals surface area contributed by atoms with E-state index in [-0.39, 0.29) is 22.6 Å². The number of nitrogens with one attached hydrogen (secondary N) is 1. The van der Waals surface area contributed by atoms with Gasteiger partial charge in [0.05, 0.1) is 12.0 Å². The molecule has 21 heavy (non-hydrogen) atoms. The Labute approximate surface area is 122 Å². The number of pyridine rings is 1. The van der Waals surface area contributed by atoms with Gasteiger partial charge in [0.1, 0.15) is 0 Å². The van der Waals surface area contributed by atoms with Crippen molar-refractivity contribution in [3.05, 3.63) is 27.9 Å². The summed E-state index contributed by atoms with van der Waals surface area (Å²) in [6, 6.07) is 2.57. The van der Waals surface area contributed by atoms with Gasteiger partial charge in [0, 0.05) is 12.6 Å². The molecule has 2 rings (SSSR count). The predicted octanol–water partition coefficient (Wildman–Crippen LogP) is 2.77. The van der Waals surface area contributed by atoms with Gasteiger partial charge < -0.3 is 10.1 Å². The van der Waals surface area contributed by atoms with Gasteiger partial charge in [-0.15, -0.1) is 0 Å². The summed E-state index contributed by atoms with van der Waals surface area (Å²) in [5, 5.41) is 14.1. The first-order chi connectivity index (χ1) is 9.95. The van der Waals surface area contributed by atoms with E-state index in [1.807, 2.05) is 0 Å². The zero-order valence-corrected chi connectivity index (χ0v) is 12.2. The second-order valence-electron chi connectivity index (χ2n) is 5.68. The molecule has 7 heteroatoms. The molecule has 0 spiro atoms. The average molecular weight is 293 g/mol. The van der Waals surface area contributed by atoms with E-state index in [2.05, 4.69) is 22.0 Å². The number of esters is 1. The van der Waals surface area contributed by atoms with E-state index in [0.717, 1.165) is 12.8 Å². The summed E-state index contributed by atoms with van der Waals surface area (Å²) in [6.07, 6.45) is 4.53. The second-order valence-corrected chi connectivity index (χ2v) is 5.68. The first kappa shape index (κ1) is 15.2. The van der Waals surface area contributed by atoms with Crippen LogP contribution < -0.4 is 5.32 Å². The predicted molar refractivity (Wildman–Crippen MR) is 77.3 cm³/mol. The van der Waals surface area contributed by atoms with Crippen LogP contribution in [0.15, 0.2) is 12.1 Å². The Morgan fingerprint density at radius 3 is 2.71 bits per heavy atom. The minimum Gasteiger partial charge on any atom is -0.464 e. The molecule has 1 aliphatic rings. The molecule has 7 nitrogen and oxygen atoms in total. The number of anilines is 1. The molecule has 0 atom stereocenters. The van der Waals surface area contributed by atoms with Gasteiger partial charge in [-0.05, 0) is 24.3 Å². The van der Waals surface area contributed by atoms with E-state index in [0.29, 0.717) is 6.54 Å². The van der Waals surface area contributed by atoms with Crippen LogP contribution >= 0.6 is 0 Å². The second kappa shape index (κ2) is 6.07. The highest BCUT2D eigenvalue weighted by atomic mass is 16.6. The molecule has 1 aromatic heterocycles. The fourth-order valence-electron chi connectivity index (χ4n) is 2.65. The van der Waals surface area contributed by atoms with Crippen LogP contribution in [0.5, 0.6) is 0 Å². The molecular formula is C14H19N3O4. The Morgan fingerprint density at radius 2 is 2.14 bits per heavy atom. The molecule has 0 aliphatic heterocycles. The summed E-state index contributed by atoms with van der Waals surface area (Å²) in [7, 11) is 1.25. The van der Waals surface area contributed by atoms with Crippen LogP contribution in [0.25, 0.3) is 0 Å². The number of carbonyl (C=O) groups is 1. The molecule has 1 aliphatic carbocycles. The standard InChI is InChI=1S/C14H19N3O4/c1-14(7-3-4-8-14)9-15-12-11(17(19)20)6-5-10(16-12)13(18)21-2/h5-6H,3-4,7-9H2,1-2H3,(H,15,16). The van der Waals surface area contributed by atoms with Crippen LogP contribution in [0, 0.1) is 15.5 Å². The normalized spacial score (nSPS) is 16.5. The van der Waals surface area contributed by atoms with Gasteiger partial charge >= 0.3 is 11.7 Å². The van der Waals surface area contributed by atoms with Crippen molar-refractivity contribution < 1.29 is 14.5 Å². The number of methoxy groups -OCH3 is 1. The minimum absolute atomic E-state index is 0.0576. The lowest BCUT2D eigenvalue weighted by Crippen LogP contribution is -2.24. The van der Waals surface area contributed by atoms with Crippen LogP contribution in [-0.2, 0) is 4.74 Å². The number of nitro groups is 1. The minimum atomic E-state index is -0.611. The lowest BCUT2D eigenvalue weighted by Gasteiger charge is -2.23. The summed E-state index contributed by atoms with van der Waals surface area (Å²) in [5.41, 5.74) is 0.0445. The SMILES string of the molecule is COC(=O)c1ccc([N+](=O)[O-])c(NCC2(C)CCCC2)n1. The van der Waals surface area contributed by atoms with E-state index in [1.54, 1.807) is 0 Å². The molecule has 114 valence electrons. The molecule has 0 saturated heterocycles. The van der Waals surface area contributed by atoms with Crippen LogP contribution in [0.2, 0.25) is 0 Å². The molecule has 0 aromatic carbocycles. The number of rotatable bonds is 5. The average Bonchev–Trinajstić information content (AvgIpc) is 2.91. The smallest absolute Gasteiger partial charge is 0.356 e. The van der Waals surface area contributed by atoms with Crippen LogP contribution in [0.3, 0.4) is 0 Å². The lowest BCUT2D eigenvalue weighted by molar-refractivity contribution is -0.384. The van der Waals surface area contributed by atoms with E-state index in [1.165, 1.54) is 32.1 Å². The third-order valence-electron chi connectivity index (χ3n) is 3.96. The Bertz CT molecular complexity index is 553. The number of hydrogen-bond acceptors (Lipinski definition) is 6. The van der Waals surface area contributed by atoms with Gasteiger partial charge in [0.15, 0.2) is 5.69 Å². The molecule has 1 saturated carbocycles. The van der Waals surface area contributed by atoms with Gasteiger partial charge in [-0.1, -0.05) is 19.8 Å². The fourth-order valence-corrected chi connectivity index (χ4v) is 2.65. The van der Waals surface area contributed by atoms with Crippen molar-refractivity contribution in [2.45, 2.75) is 32.6 Å². The van der Waals surface area contributed by atoms with Gasteiger partial charge in [0.25, 0.3) is 0 Å². The molecular weight excluding hydrogens is 274 g/mol. The highest BCUT2D eigenvalue weighted by Gasteiger charge is 2.29. The molecule has 0 unspecified atom stereocenters. The first-order valence-electron chi connectivity index (χ1n) is 6.93. The summed E-state index contributed by atoms with van der Waals surface area (Å²) in [5.74, 6) is -0.490. The summed E-state index contributed by atoms with van der Waals surface area (Å²) in [4.78, 5) is 26.1. The van der Waals surface area contributed by atoms with Crippen molar-refractivity contribution in [2.24, 2.45) is 5.41 Å². The van der Waals surface area contributed by atoms with Crippen molar-refractivity contribution in [3.63, 3.8) is 0 Å². The Morgan fingerprint density at radius 1 is 1.48 bits per heavy atom. The topological polar surface area (TPSA) is 94.4 Å². The van der Waals surface area contributed by atoms with Crippen molar-refractivity contribution in [2.75, 3.05) is 19.0 Å². The van der Waals surface area contributed by atoms with Crippen LogP contribution in [0.1, 0.15) is 43.1 Å². The fraction of sp³-hybridized carbons (Fsp3) is 0.571. The highest BCUT2D eigenvalue weighted by Crippen LogP contribution is 2.38. The van der Waals surface area contributed by atoms with E-state index < -0.39 is 10.9 Å². The quantitative estimate of drug-likeness (QED) is 0.509. The molecule has 1 N–H and O–H groups in total. The maximum atomic E-state index is 11.5. The molecule has 0 amide bonds. The number of nitrogens with zero attached hydrogens (tertiary/aromatic N) is 2. The van der Waals surface area contributed by atoms with Crippen molar-refractivity contribution >= 4 is 17.5 Å². The van der Waals surface area contributed by atoms with Crippen molar-refractivity contribution in [1.29, 1.82) is 0 Å². The summed E-state index contributed by atoms with van der Waals surface area (Å²) >= 11 is 0. The molecule has 0 radical (unpaired) electrons. The lowest BCUT2D eigenvalue weighted by atomic mass is 9.89. The largest absolute Gasteiger partial charge is 0.464 e. The van der Waals surface area contributed by atoms with Crippen LogP contribution in [-0.4, -0.2) is 29.5 Å². The molecule has 1 heterocycles. The van der Waals surface area contributed by atoms with Gasteiger partial charge in [-0.2, -0.15) is 0 Å². The van der Waals surface area contributed by atoms with Gasteiger partial charge in [-0.3, -0.25) is 10.1 Å². The number of aromatic nitrogens is 1. The van der Waals surface area contributed by atoms with Gasteiger partial charge in [-0.25, -0.2) is 9.78 Å². The molecule has 1 aromatic rings. The van der Waals surface area contributed by atoms with Crippen molar-refractivity contribution in [3.8, 4) is 0 Å². The first-order valence-corrected chi connectivity index (χ1v) is 6.93. The Kier molecular flexibility index (Phi) is 4.40. The monoisotopic (exact) mass is 293 g/mol. The zero-order valence-electron chi connectivity index (χ0n) is 12.2. The van der Waals surface area contributed by atoms with Crippen LogP contribution in [0.4, 0.5) is 11.5 Å². The Hall–Kier alpha value is -2.18. The van der Waals surface area contributed by atoms with E-state index >= 15 is 0 Å². The molecule has 0 bridgehead atoms. The van der Waals surface area contributed by atoms with E-state index in [9.17, 15) is 14.9 Å². The third-order valence-corrected chi connectivity index (χ3v) is 3.96. The summed E-state index contributed by atoms with van der Waals surface area (Å²) in [6.45, 7) is 2.76. The maximum Gasteiger partial charge on any atom is 0.356 e. The van der Waals surface area contributed by atoms with E-state index in [4.69, 9.17) is 0 Å².